The molecule has 28 heavy (non-hydrogen) atoms. The summed E-state index contributed by atoms with van der Waals surface area (Å²) in [6.45, 7) is 2.47. The van der Waals surface area contributed by atoms with Gasteiger partial charge in [-0.3, -0.25) is 14.5 Å². The van der Waals surface area contributed by atoms with Crippen molar-refractivity contribution in [2.45, 2.75) is 44.6 Å². The smallest absolute Gasteiger partial charge is 0.327 e. The fourth-order valence-corrected chi connectivity index (χ4v) is 4.06. The minimum absolute atomic E-state index is 0.218. The average Bonchev–Trinajstić information content (AvgIpc) is 2.86. The van der Waals surface area contributed by atoms with E-state index in [-0.39, 0.29) is 24.4 Å². The Morgan fingerprint density at radius 1 is 1.18 bits per heavy atom. The number of carbonyl (C=O) groups excluding carboxylic acids is 3. The molecule has 1 saturated carbocycles. The number of ether oxygens (including phenoxy) is 1. The third kappa shape index (κ3) is 3.70. The molecule has 1 aromatic rings. The van der Waals surface area contributed by atoms with Crippen molar-refractivity contribution in [3.8, 4) is 5.75 Å². The zero-order chi connectivity index (χ0) is 20.3. The average molecular weight is 387 g/mol. The van der Waals surface area contributed by atoms with Crippen LogP contribution in [-0.2, 0) is 9.59 Å². The topological polar surface area (TPSA) is 70.2 Å². The SMILES string of the molecule is Cc1ccccc1OCCN(C)C(=O)CN1C(=O)N(C)C2(CCCCC2)C1=O. The van der Waals surface area contributed by atoms with Gasteiger partial charge in [0.25, 0.3) is 5.91 Å². The summed E-state index contributed by atoms with van der Waals surface area (Å²) in [5, 5.41) is 0. The first kappa shape index (κ1) is 20.2. The third-order valence-electron chi connectivity index (χ3n) is 5.98. The maximum Gasteiger partial charge on any atom is 0.327 e. The van der Waals surface area contributed by atoms with Crippen LogP contribution >= 0.6 is 0 Å². The van der Waals surface area contributed by atoms with Crippen LogP contribution in [0.4, 0.5) is 4.79 Å². The van der Waals surface area contributed by atoms with Gasteiger partial charge >= 0.3 is 6.03 Å². The van der Waals surface area contributed by atoms with Crippen LogP contribution in [0.2, 0.25) is 0 Å². The summed E-state index contributed by atoms with van der Waals surface area (Å²) in [5.41, 5.74) is 0.285. The summed E-state index contributed by atoms with van der Waals surface area (Å²) in [5.74, 6) is 0.295. The van der Waals surface area contributed by atoms with Gasteiger partial charge in [-0.2, -0.15) is 0 Å². The zero-order valence-electron chi connectivity index (χ0n) is 16.9. The minimum atomic E-state index is -0.748. The van der Waals surface area contributed by atoms with Crippen LogP contribution in [0.15, 0.2) is 24.3 Å². The molecule has 0 atom stereocenters. The van der Waals surface area contributed by atoms with E-state index >= 15 is 0 Å². The van der Waals surface area contributed by atoms with Gasteiger partial charge in [0.15, 0.2) is 0 Å². The van der Waals surface area contributed by atoms with E-state index < -0.39 is 5.54 Å². The molecule has 0 N–H and O–H groups in total. The van der Waals surface area contributed by atoms with Crippen LogP contribution in [0.25, 0.3) is 0 Å². The summed E-state index contributed by atoms with van der Waals surface area (Å²) < 4.78 is 5.73. The predicted molar refractivity (Wildman–Crippen MR) is 105 cm³/mol. The predicted octanol–water partition coefficient (Wildman–Crippen LogP) is 2.43. The van der Waals surface area contributed by atoms with E-state index in [1.807, 2.05) is 31.2 Å². The number of hydrogen-bond acceptors (Lipinski definition) is 4. The van der Waals surface area contributed by atoms with Gasteiger partial charge in [-0.1, -0.05) is 37.5 Å². The third-order valence-corrected chi connectivity index (χ3v) is 5.98. The number of rotatable bonds is 6. The molecule has 0 radical (unpaired) electrons. The van der Waals surface area contributed by atoms with Crippen LogP contribution in [0.3, 0.4) is 0 Å². The maximum absolute atomic E-state index is 13.0. The van der Waals surface area contributed by atoms with E-state index in [2.05, 4.69) is 0 Å². The quantitative estimate of drug-likeness (QED) is 0.703. The molecule has 7 nitrogen and oxygen atoms in total. The molecule has 2 aliphatic rings. The van der Waals surface area contributed by atoms with Crippen molar-refractivity contribution >= 4 is 17.8 Å². The summed E-state index contributed by atoms with van der Waals surface area (Å²) in [7, 11) is 3.34. The van der Waals surface area contributed by atoms with Gasteiger partial charge in [0.1, 0.15) is 24.4 Å². The Balaban J connectivity index is 1.55. The zero-order valence-corrected chi connectivity index (χ0v) is 16.9. The number of hydrogen-bond donors (Lipinski definition) is 0. The number of nitrogens with zero attached hydrogens (tertiary/aromatic N) is 3. The molecule has 152 valence electrons. The second-order valence-corrected chi connectivity index (χ2v) is 7.75. The first-order chi connectivity index (χ1) is 13.4. The van der Waals surface area contributed by atoms with Gasteiger partial charge in [-0.15, -0.1) is 0 Å². The van der Waals surface area contributed by atoms with Crippen molar-refractivity contribution in [2.75, 3.05) is 33.8 Å². The Bertz CT molecular complexity index is 758. The van der Waals surface area contributed by atoms with E-state index in [9.17, 15) is 14.4 Å². The standard InChI is InChI=1S/C21H29N3O4/c1-16-9-5-6-10-17(16)28-14-13-22(2)18(25)15-24-19(26)21(23(3)20(24)27)11-7-4-8-12-21/h5-6,9-10H,4,7-8,11-15H2,1-3H3. The Morgan fingerprint density at radius 2 is 1.86 bits per heavy atom. The molecular weight excluding hydrogens is 358 g/mol. The molecule has 1 aliphatic heterocycles. The highest BCUT2D eigenvalue weighted by Gasteiger charge is 2.55. The molecule has 4 amide bonds. The lowest BCUT2D eigenvalue weighted by molar-refractivity contribution is -0.140. The van der Waals surface area contributed by atoms with E-state index in [1.165, 1.54) is 4.90 Å². The van der Waals surface area contributed by atoms with Crippen molar-refractivity contribution < 1.29 is 19.1 Å². The molecule has 1 aromatic carbocycles. The highest BCUT2D eigenvalue weighted by atomic mass is 16.5. The number of benzene rings is 1. The van der Waals surface area contributed by atoms with Gasteiger partial charge in [-0.25, -0.2) is 4.79 Å². The van der Waals surface area contributed by atoms with Crippen LogP contribution < -0.4 is 4.74 Å². The number of aryl methyl sites for hydroxylation is 1. The van der Waals surface area contributed by atoms with Gasteiger partial charge in [0.2, 0.25) is 5.91 Å². The summed E-state index contributed by atoms with van der Waals surface area (Å²) in [6, 6.07) is 7.33. The monoisotopic (exact) mass is 387 g/mol. The van der Waals surface area contributed by atoms with Crippen molar-refractivity contribution in [3.05, 3.63) is 29.8 Å². The van der Waals surface area contributed by atoms with Crippen LogP contribution in [0, 0.1) is 6.92 Å². The molecule has 1 saturated heterocycles. The number of amides is 4. The summed E-state index contributed by atoms with van der Waals surface area (Å²) >= 11 is 0. The van der Waals surface area contributed by atoms with Gasteiger partial charge in [0.05, 0.1) is 6.54 Å². The maximum atomic E-state index is 13.0. The minimum Gasteiger partial charge on any atom is -0.491 e. The van der Waals surface area contributed by atoms with E-state index in [0.29, 0.717) is 26.0 Å². The lowest BCUT2D eigenvalue weighted by atomic mass is 9.81. The molecule has 0 aromatic heterocycles. The Kier molecular flexibility index (Phi) is 5.91. The van der Waals surface area contributed by atoms with E-state index in [1.54, 1.807) is 19.0 Å². The molecule has 7 heteroatoms. The molecule has 0 unspecified atom stereocenters. The first-order valence-corrected chi connectivity index (χ1v) is 9.89. The van der Waals surface area contributed by atoms with Crippen molar-refractivity contribution in [2.24, 2.45) is 0 Å². The second kappa shape index (κ2) is 8.20. The number of likely N-dealkylation sites (N-methyl/N-ethyl adjacent to an activating group) is 2. The fraction of sp³-hybridized carbons (Fsp3) is 0.571. The Labute approximate surface area is 166 Å². The van der Waals surface area contributed by atoms with Gasteiger partial charge < -0.3 is 14.5 Å². The lowest BCUT2D eigenvalue weighted by Gasteiger charge is -2.35. The number of urea groups is 1. The number of imide groups is 1. The first-order valence-electron chi connectivity index (χ1n) is 9.89. The summed E-state index contributed by atoms with van der Waals surface area (Å²) in [6.07, 6.45) is 4.31. The molecule has 1 heterocycles. The largest absolute Gasteiger partial charge is 0.491 e. The molecule has 1 spiro atoms. The molecule has 2 fully saturated rings. The van der Waals surface area contributed by atoms with Crippen molar-refractivity contribution in [1.29, 1.82) is 0 Å². The fourth-order valence-electron chi connectivity index (χ4n) is 4.06. The van der Waals surface area contributed by atoms with Crippen LogP contribution in [-0.4, -0.2) is 71.9 Å². The Morgan fingerprint density at radius 3 is 2.54 bits per heavy atom. The van der Waals surface area contributed by atoms with Crippen molar-refractivity contribution in [3.63, 3.8) is 0 Å². The van der Waals surface area contributed by atoms with Gasteiger partial charge in [0, 0.05) is 14.1 Å². The highest BCUT2D eigenvalue weighted by Crippen LogP contribution is 2.39. The normalized spacial score (nSPS) is 18.7. The van der Waals surface area contributed by atoms with E-state index in [4.69, 9.17) is 4.74 Å². The van der Waals surface area contributed by atoms with E-state index in [0.717, 1.165) is 35.5 Å². The van der Waals surface area contributed by atoms with Crippen LogP contribution in [0.5, 0.6) is 5.75 Å². The molecular formula is C21H29N3O4. The second-order valence-electron chi connectivity index (χ2n) is 7.75. The van der Waals surface area contributed by atoms with Gasteiger partial charge in [-0.05, 0) is 31.4 Å². The lowest BCUT2D eigenvalue weighted by Crippen LogP contribution is -2.49. The molecule has 3 rings (SSSR count). The highest BCUT2D eigenvalue weighted by molar-refractivity contribution is 6.08. The van der Waals surface area contributed by atoms with Crippen molar-refractivity contribution in [1.82, 2.24) is 14.7 Å². The molecule has 1 aliphatic carbocycles. The molecule has 0 bridgehead atoms. The van der Waals surface area contributed by atoms with Crippen LogP contribution in [0.1, 0.15) is 37.7 Å². The number of carbonyl (C=O) groups is 3. The Hall–Kier alpha value is -2.57. The number of para-hydroxylation sites is 1. The summed E-state index contributed by atoms with van der Waals surface area (Å²) in [4.78, 5) is 42.3.